The molecule has 0 atom stereocenters. The van der Waals surface area contributed by atoms with E-state index in [1.54, 1.807) is 49.6 Å². The van der Waals surface area contributed by atoms with Gasteiger partial charge in [0.05, 0.1) is 17.8 Å². The van der Waals surface area contributed by atoms with Crippen LogP contribution >= 0.6 is 23.2 Å². The summed E-state index contributed by atoms with van der Waals surface area (Å²) in [4.78, 5) is 27.2. The van der Waals surface area contributed by atoms with E-state index in [4.69, 9.17) is 23.2 Å². The number of hydrogen-bond acceptors (Lipinski definition) is 6. The van der Waals surface area contributed by atoms with Gasteiger partial charge in [-0.05, 0) is 54.4 Å². The summed E-state index contributed by atoms with van der Waals surface area (Å²) in [5, 5.41) is 20.1. The van der Waals surface area contributed by atoms with Gasteiger partial charge in [0.2, 0.25) is 5.28 Å². The van der Waals surface area contributed by atoms with Crippen molar-refractivity contribution in [2.45, 2.75) is 13.5 Å². The van der Waals surface area contributed by atoms with E-state index < -0.39 is 5.91 Å². The second kappa shape index (κ2) is 9.44. The first-order valence-electron chi connectivity index (χ1n) is 9.86. The zero-order valence-corrected chi connectivity index (χ0v) is 18.9. The van der Waals surface area contributed by atoms with Crippen molar-refractivity contribution in [3.8, 4) is 22.8 Å². The summed E-state index contributed by atoms with van der Waals surface area (Å²) in [7, 11) is 0. The molecule has 0 bridgehead atoms. The van der Waals surface area contributed by atoms with Crippen molar-refractivity contribution in [1.82, 2.24) is 15.0 Å². The van der Waals surface area contributed by atoms with Crippen molar-refractivity contribution in [2.75, 3.05) is 4.90 Å². The van der Waals surface area contributed by atoms with Crippen molar-refractivity contribution in [2.24, 2.45) is 0 Å². The average Bonchev–Trinajstić information content (AvgIpc) is 2.80. The Labute approximate surface area is 199 Å². The van der Waals surface area contributed by atoms with E-state index in [2.05, 4.69) is 15.0 Å². The second-order valence-electron chi connectivity index (χ2n) is 7.26. The van der Waals surface area contributed by atoms with E-state index >= 15 is 0 Å². The van der Waals surface area contributed by atoms with Crippen molar-refractivity contribution in [3.63, 3.8) is 0 Å². The van der Waals surface area contributed by atoms with Gasteiger partial charge in [0.25, 0.3) is 5.91 Å². The highest BCUT2D eigenvalue weighted by atomic mass is 35.5. The number of pyridine rings is 1. The van der Waals surface area contributed by atoms with Gasteiger partial charge >= 0.3 is 0 Å². The molecule has 166 valence electrons. The quantitative estimate of drug-likeness (QED) is 0.292. The highest BCUT2D eigenvalue weighted by Crippen LogP contribution is 2.31. The minimum atomic E-state index is -0.437. The minimum absolute atomic E-state index is 0.0425. The Balaban J connectivity index is 1.73. The number of rotatable bonds is 5. The monoisotopic (exact) mass is 480 g/mol. The zero-order chi connectivity index (χ0) is 23.5. The summed E-state index contributed by atoms with van der Waals surface area (Å²) in [6.07, 6.45) is 3.32. The van der Waals surface area contributed by atoms with E-state index in [9.17, 15) is 15.0 Å². The van der Waals surface area contributed by atoms with Crippen molar-refractivity contribution >= 4 is 34.8 Å². The Morgan fingerprint density at radius 1 is 1.03 bits per heavy atom. The van der Waals surface area contributed by atoms with Crippen LogP contribution in [-0.4, -0.2) is 31.1 Å². The SMILES string of the molecule is Cc1c(Cl)nc(Cl)nc1-c1ccc(N(Cc2cccnc2)C(=O)c2ccc(O)cc2O)cc1. The molecule has 4 aromatic rings. The number of phenolic OH excluding ortho intramolecular Hbond substituents is 2. The fourth-order valence-electron chi connectivity index (χ4n) is 3.34. The molecule has 0 saturated heterocycles. The van der Waals surface area contributed by atoms with E-state index in [1.807, 2.05) is 6.07 Å². The number of halogens is 2. The molecule has 0 unspecified atom stereocenters. The topological polar surface area (TPSA) is 99.4 Å². The molecule has 7 nitrogen and oxygen atoms in total. The third-order valence-corrected chi connectivity index (χ3v) is 5.57. The smallest absolute Gasteiger partial charge is 0.262 e. The first-order chi connectivity index (χ1) is 15.8. The van der Waals surface area contributed by atoms with Crippen LogP contribution in [0, 0.1) is 6.92 Å². The molecule has 0 radical (unpaired) electrons. The Kier molecular flexibility index (Phi) is 6.44. The summed E-state index contributed by atoms with van der Waals surface area (Å²) >= 11 is 12.1. The van der Waals surface area contributed by atoms with E-state index in [1.165, 1.54) is 17.0 Å². The summed E-state index contributed by atoms with van der Waals surface area (Å²) in [6, 6.07) is 14.6. The highest BCUT2D eigenvalue weighted by molar-refractivity contribution is 6.32. The van der Waals surface area contributed by atoms with Crippen LogP contribution in [-0.2, 0) is 6.54 Å². The lowest BCUT2D eigenvalue weighted by molar-refractivity contribution is 0.0982. The third-order valence-electron chi connectivity index (χ3n) is 5.03. The number of phenols is 2. The molecule has 0 aliphatic carbocycles. The molecule has 0 spiro atoms. The maximum absolute atomic E-state index is 13.4. The van der Waals surface area contributed by atoms with Crippen LogP contribution in [0.5, 0.6) is 11.5 Å². The van der Waals surface area contributed by atoms with E-state index in [-0.39, 0.29) is 34.0 Å². The fourth-order valence-corrected chi connectivity index (χ4v) is 3.73. The van der Waals surface area contributed by atoms with Crippen LogP contribution < -0.4 is 4.90 Å². The van der Waals surface area contributed by atoms with Crippen LogP contribution in [0.4, 0.5) is 5.69 Å². The average molecular weight is 481 g/mol. The molecule has 0 aliphatic heterocycles. The molecular weight excluding hydrogens is 463 g/mol. The first-order valence-corrected chi connectivity index (χ1v) is 10.6. The zero-order valence-electron chi connectivity index (χ0n) is 17.4. The predicted octanol–water partition coefficient (Wildman–Crippen LogP) is 5.41. The molecule has 2 aromatic carbocycles. The van der Waals surface area contributed by atoms with Gasteiger partial charge in [0, 0.05) is 35.3 Å². The van der Waals surface area contributed by atoms with Gasteiger partial charge in [-0.3, -0.25) is 9.78 Å². The number of amides is 1. The van der Waals surface area contributed by atoms with Gasteiger partial charge < -0.3 is 15.1 Å². The number of anilines is 1. The minimum Gasteiger partial charge on any atom is -0.508 e. The third kappa shape index (κ3) is 4.89. The van der Waals surface area contributed by atoms with Gasteiger partial charge in [-0.15, -0.1) is 0 Å². The second-order valence-corrected chi connectivity index (χ2v) is 7.95. The van der Waals surface area contributed by atoms with Crippen LogP contribution in [0.2, 0.25) is 10.4 Å². The standard InChI is InChI=1S/C24H18Cl2N4O3/c1-14-21(28-24(26)29-22(14)25)16-4-6-17(7-5-16)30(13-15-3-2-10-27-12-15)23(33)19-9-8-18(31)11-20(19)32/h2-12,31-32H,13H2,1H3. The molecule has 2 heterocycles. The number of benzene rings is 2. The Morgan fingerprint density at radius 2 is 1.79 bits per heavy atom. The van der Waals surface area contributed by atoms with Crippen LogP contribution in [0.1, 0.15) is 21.5 Å². The lowest BCUT2D eigenvalue weighted by atomic mass is 10.1. The van der Waals surface area contributed by atoms with E-state index in [0.29, 0.717) is 16.9 Å². The summed E-state index contributed by atoms with van der Waals surface area (Å²) in [6.45, 7) is 2.02. The molecule has 9 heteroatoms. The Bertz CT molecular complexity index is 1320. The lowest BCUT2D eigenvalue weighted by Crippen LogP contribution is -2.30. The number of aromatic nitrogens is 3. The largest absolute Gasteiger partial charge is 0.508 e. The molecule has 1 amide bonds. The molecule has 0 fully saturated rings. The molecule has 4 rings (SSSR count). The number of nitrogens with zero attached hydrogens (tertiary/aromatic N) is 4. The Hall–Kier alpha value is -3.68. The fraction of sp³-hybridized carbons (Fsp3) is 0.0833. The summed E-state index contributed by atoms with van der Waals surface area (Å²) in [5.74, 6) is -0.883. The molecule has 2 aromatic heterocycles. The maximum atomic E-state index is 13.4. The lowest BCUT2D eigenvalue weighted by Gasteiger charge is -2.24. The molecule has 2 N–H and O–H groups in total. The van der Waals surface area contributed by atoms with Crippen molar-refractivity contribution in [1.29, 1.82) is 0 Å². The number of aromatic hydroxyl groups is 2. The number of hydrogen-bond donors (Lipinski definition) is 2. The molecule has 0 saturated carbocycles. The summed E-state index contributed by atoms with van der Waals surface area (Å²) in [5.41, 5.74) is 3.48. The molecule has 33 heavy (non-hydrogen) atoms. The van der Waals surface area contributed by atoms with Crippen molar-refractivity contribution < 1.29 is 15.0 Å². The highest BCUT2D eigenvalue weighted by Gasteiger charge is 2.22. The number of carbonyl (C=O) groups excluding carboxylic acids is 1. The van der Waals surface area contributed by atoms with Gasteiger partial charge in [-0.25, -0.2) is 9.97 Å². The van der Waals surface area contributed by atoms with Gasteiger partial charge in [-0.2, -0.15) is 0 Å². The van der Waals surface area contributed by atoms with Crippen LogP contribution in [0.3, 0.4) is 0 Å². The Morgan fingerprint density at radius 3 is 2.45 bits per heavy atom. The molecule has 0 aliphatic rings. The normalized spacial score (nSPS) is 10.8. The maximum Gasteiger partial charge on any atom is 0.262 e. The summed E-state index contributed by atoms with van der Waals surface area (Å²) < 4.78 is 0. The number of carbonyl (C=O) groups is 1. The first kappa shape index (κ1) is 22.5. The van der Waals surface area contributed by atoms with E-state index in [0.717, 1.165) is 17.2 Å². The van der Waals surface area contributed by atoms with Crippen molar-refractivity contribution in [3.05, 3.63) is 94.1 Å². The van der Waals surface area contributed by atoms with Gasteiger partial charge in [0.1, 0.15) is 16.7 Å². The molecular formula is C24H18Cl2N4O3. The van der Waals surface area contributed by atoms with Crippen LogP contribution in [0.15, 0.2) is 67.0 Å². The predicted molar refractivity (Wildman–Crippen MR) is 127 cm³/mol. The van der Waals surface area contributed by atoms with Gasteiger partial charge in [-0.1, -0.05) is 29.8 Å². The van der Waals surface area contributed by atoms with Gasteiger partial charge in [0.15, 0.2) is 0 Å². The van der Waals surface area contributed by atoms with Crippen LogP contribution in [0.25, 0.3) is 11.3 Å².